The normalized spacial score (nSPS) is 12.9. The molecular formula is C51H75Br3O9. The molecule has 0 radical (unpaired) electrons. The van der Waals surface area contributed by atoms with E-state index in [-0.39, 0.29) is 35.7 Å². The van der Waals surface area contributed by atoms with Crippen LogP contribution in [-0.4, -0.2) is 54.5 Å². The lowest BCUT2D eigenvalue weighted by atomic mass is 10.0. The summed E-state index contributed by atoms with van der Waals surface area (Å²) >= 11 is 10.6. The fourth-order valence-electron chi connectivity index (χ4n) is 5.50. The van der Waals surface area contributed by atoms with Crippen molar-refractivity contribution in [2.75, 3.05) is 19.8 Å². The van der Waals surface area contributed by atoms with Crippen molar-refractivity contribution in [2.45, 2.75) is 159 Å². The molecule has 3 aromatic rings. The molecule has 0 heterocycles. The molecule has 354 valence electrons. The Hall–Kier alpha value is -3.09. The number of hydrogen-bond acceptors (Lipinski definition) is 9. The van der Waals surface area contributed by atoms with Crippen molar-refractivity contribution in [3.63, 3.8) is 0 Å². The minimum Gasteiger partial charge on any atom is -0.494 e. The minimum absolute atomic E-state index is 0.172. The van der Waals surface area contributed by atoms with E-state index in [0.717, 1.165) is 66.6 Å². The third kappa shape index (κ3) is 25.3. The Kier molecular flexibility index (Phi) is 25.8. The van der Waals surface area contributed by atoms with E-state index in [4.69, 9.17) is 28.4 Å². The van der Waals surface area contributed by atoms with Crippen LogP contribution < -0.4 is 14.2 Å². The van der Waals surface area contributed by atoms with Crippen LogP contribution in [0.5, 0.6) is 17.2 Å². The molecule has 12 heteroatoms. The SMILES string of the molecule is CCCOc1ccc(Br)c(CC(C)C(=O)OC(C)(C)C)c1.CCCOc1ccc(Br)c(CC(C)C(=O)OC(C)(C)C)c1.CCCOc1ccc(Br)c(CC(C)C(=O)OC(C)(C)C)c1. The Labute approximate surface area is 404 Å². The van der Waals surface area contributed by atoms with Crippen LogP contribution >= 0.6 is 47.8 Å². The number of carbonyl (C=O) groups excluding carboxylic acids is 3. The van der Waals surface area contributed by atoms with E-state index >= 15 is 0 Å². The smallest absolute Gasteiger partial charge is 0.309 e. The summed E-state index contributed by atoms with van der Waals surface area (Å²) in [7, 11) is 0. The van der Waals surface area contributed by atoms with E-state index in [0.29, 0.717) is 39.1 Å². The van der Waals surface area contributed by atoms with Crippen LogP contribution in [-0.2, 0) is 47.9 Å². The lowest BCUT2D eigenvalue weighted by molar-refractivity contribution is -0.160. The topological polar surface area (TPSA) is 107 Å². The van der Waals surface area contributed by atoms with Gasteiger partial charge in [-0.2, -0.15) is 0 Å². The van der Waals surface area contributed by atoms with Gasteiger partial charge in [0, 0.05) is 13.4 Å². The van der Waals surface area contributed by atoms with Crippen molar-refractivity contribution in [3.8, 4) is 17.2 Å². The predicted octanol–water partition coefficient (Wildman–Crippen LogP) is 14.3. The van der Waals surface area contributed by atoms with Crippen LogP contribution in [0.25, 0.3) is 0 Å². The zero-order valence-electron chi connectivity index (χ0n) is 40.6. The molecule has 63 heavy (non-hydrogen) atoms. The molecule has 9 nitrogen and oxygen atoms in total. The number of hydrogen-bond donors (Lipinski definition) is 0. The van der Waals surface area contributed by atoms with Crippen LogP contribution in [0.4, 0.5) is 0 Å². The standard InChI is InChI=1S/3C17H25BrO3/c3*1-6-9-20-14-7-8-15(18)13(11-14)10-12(2)16(19)21-17(3,4)5/h3*7-8,11-12H,6,9-10H2,1-5H3. The highest BCUT2D eigenvalue weighted by atomic mass is 79.9. The first-order chi connectivity index (χ1) is 29.2. The Morgan fingerprint density at radius 1 is 0.444 bits per heavy atom. The third-order valence-electron chi connectivity index (χ3n) is 8.48. The second-order valence-electron chi connectivity index (χ2n) is 18.7. The van der Waals surface area contributed by atoms with E-state index in [1.165, 1.54) is 0 Å². The fraction of sp³-hybridized carbons (Fsp3) is 0.588. The van der Waals surface area contributed by atoms with Crippen LogP contribution in [0.2, 0.25) is 0 Å². The molecule has 0 aromatic heterocycles. The van der Waals surface area contributed by atoms with Gasteiger partial charge in [-0.1, -0.05) is 89.3 Å². The summed E-state index contributed by atoms with van der Waals surface area (Å²) < 4.78 is 36.1. The number of benzene rings is 3. The van der Waals surface area contributed by atoms with Crippen molar-refractivity contribution in [1.29, 1.82) is 0 Å². The maximum absolute atomic E-state index is 12.1. The summed E-state index contributed by atoms with van der Waals surface area (Å²) in [6.07, 6.45) is 4.79. The molecule has 3 unspecified atom stereocenters. The maximum atomic E-state index is 12.1. The van der Waals surface area contributed by atoms with Gasteiger partial charge >= 0.3 is 17.9 Å². The number of carbonyl (C=O) groups is 3. The Balaban J connectivity index is 0.000000472. The summed E-state index contributed by atoms with van der Waals surface area (Å²) in [5, 5.41) is 0. The highest BCUT2D eigenvalue weighted by Crippen LogP contribution is 2.29. The molecule has 3 rings (SSSR count). The Morgan fingerprint density at radius 3 is 0.857 bits per heavy atom. The van der Waals surface area contributed by atoms with E-state index in [9.17, 15) is 14.4 Å². The summed E-state index contributed by atoms with van der Waals surface area (Å²) in [5.74, 6) is 1.42. The predicted molar refractivity (Wildman–Crippen MR) is 266 cm³/mol. The minimum atomic E-state index is -0.450. The van der Waals surface area contributed by atoms with Crippen LogP contribution in [0.15, 0.2) is 68.0 Å². The monoisotopic (exact) mass is 1070 g/mol. The summed E-state index contributed by atoms with van der Waals surface area (Å²) in [6.45, 7) is 30.9. The Bertz CT molecular complexity index is 1650. The molecule has 0 aliphatic carbocycles. The van der Waals surface area contributed by atoms with Gasteiger partial charge in [0.2, 0.25) is 0 Å². The van der Waals surface area contributed by atoms with Gasteiger partial charge in [-0.05, 0) is 172 Å². The second kappa shape index (κ2) is 28.1. The van der Waals surface area contributed by atoms with Gasteiger partial charge in [-0.15, -0.1) is 0 Å². The first-order valence-corrected chi connectivity index (χ1v) is 24.5. The molecule has 0 saturated carbocycles. The lowest BCUT2D eigenvalue weighted by Crippen LogP contribution is -2.28. The van der Waals surface area contributed by atoms with Crippen molar-refractivity contribution in [2.24, 2.45) is 17.8 Å². The van der Waals surface area contributed by atoms with Gasteiger partial charge in [0.1, 0.15) is 34.1 Å². The molecule has 0 saturated heterocycles. The molecular weight excluding hydrogens is 996 g/mol. The summed E-state index contributed by atoms with van der Waals surface area (Å²) in [6, 6.07) is 17.6. The quantitative estimate of drug-likeness (QED) is 0.0909. The number of ether oxygens (including phenoxy) is 6. The van der Waals surface area contributed by atoms with E-state index in [2.05, 4.69) is 68.6 Å². The van der Waals surface area contributed by atoms with Crippen LogP contribution in [0, 0.1) is 17.8 Å². The van der Waals surface area contributed by atoms with Gasteiger partial charge in [-0.25, -0.2) is 0 Å². The lowest BCUT2D eigenvalue weighted by Gasteiger charge is -2.22. The van der Waals surface area contributed by atoms with Crippen molar-refractivity contribution in [3.05, 3.63) is 84.7 Å². The zero-order chi connectivity index (χ0) is 48.1. The van der Waals surface area contributed by atoms with Gasteiger partial charge in [0.25, 0.3) is 0 Å². The Morgan fingerprint density at radius 2 is 0.667 bits per heavy atom. The van der Waals surface area contributed by atoms with E-state index < -0.39 is 16.8 Å². The number of esters is 3. The molecule has 3 atom stereocenters. The summed E-state index contributed by atoms with van der Waals surface area (Å²) in [4.78, 5) is 36.2. The molecule has 0 N–H and O–H groups in total. The fourth-order valence-corrected chi connectivity index (χ4v) is 6.72. The van der Waals surface area contributed by atoms with Gasteiger partial charge in [0.05, 0.1) is 37.6 Å². The third-order valence-corrected chi connectivity index (χ3v) is 10.8. The largest absolute Gasteiger partial charge is 0.494 e. The molecule has 3 aromatic carbocycles. The second-order valence-corrected chi connectivity index (χ2v) is 21.3. The molecule has 0 spiro atoms. The summed E-state index contributed by atoms with van der Waals surface area (Å²) in [5.41, 5.74) is 1.82. The number of rotatable bonds is 18. The molecule has 0 bridgehead atoms. The average Bonchev–Trinajstić information content (AvgIpc) is 3.17. The van der Waals surface area contributed by atoms with Crippen molar-refractivity contribution >= 4 is 65.7 Å². The van der Waals surface area contributed by atoms with E-state index in [1.807, 2.05) is 138 Å². The highest BCUT2D eigenvalue weighted by Gasteiger charge is 2.25. The maximum Gasteiger partial charge on any atom is 0.309 e. The average molecular weight is 1070 g/mol. The van der Waals surface area contributed by atoms with Crippen LogP contribution in [0.3, 0.4) is 0 Å². The number of halogens is 3. The van der Waals surface area contributed by atoms with Crippen LogP contribution in [0.1, 0.15) is 140 Å². The molecule has 0 aliphatic rings. The van der Waals surface area contributed by atoms with Gasteiger partial charge in [-0.3, -0.25) is 14.4 Å². The molecule has 0 amide bonds. The first kappa shape index (κ1) is 57.9. The van der Waals surface area contributed by atoms with Crippen molar-refractivity contribution < 1.29 is 42.8 Å². The molecule has 0 fully saturated rings. The van der Waals surface area contributed by atoms with Crippen molar-refractivity contribution in [1.82, 2.24) is 0 Å². The first-order valence-electron chi connectivity index (χ1n) is 22.1. The molecule has 0 aliphatic heterocycles. The van der Waals surface area contributed by atoms with Gasteiger partial charge < -0.3 is 28.4 Å². The van der Waals surface area contributed by atoms with Gasteiger partial charge in [0.15, 0.2) is 0 Å². The zero-order valence-corrected chi connectivity index (χ0v) is 45.4. The van der Waals surface area contributed by atoms with E-state index in [1.54, 1.807) is 0 Å². The highest BCUT2D eigenvalue weighted by molar-refractivity contribution is 9.11.